The number of aliphatic hydroxyl groups excluding tert-OH is 2. The number of fused-ring (bicyclic) bond motifs is 14. The molecule has 0 saturated heterocycles. The number of hydrogen-bond acceptors (Lipinski definition) is 13. The first kappa shape index (κ1) is 48.1. The Kier molecular flexibility index (Phi) is 16.3. The molecular formula is C43H56Cl2N2O13. The van der Waals surface area contributed by atoms with Gasteiger partial charge in [-0.2, -0.15) is 0 Å². The third-order valence-electron chi connectivity index (χ3n) is 11.2. The van der Waals surface area contributed by atoms with Crippen molar-refractivity contribution >= 4 is 63.2 Å². The topological polar surface area (TPSA) is 211 Å². The van der Waals surface area contributed by atoms with Crippen LogP contribution in [0.3, 0.4) is 0 Å². The van der Waals surface area contributed by atoms with Gasteiger partial charge in [0.15, 0.2) is 12.4 Å². The maximum absolute atomic E-state index is 14.5. The standard InChI is InChI=1S/C43H56Cl2N2O13/c1-21-11-10-12-22(2)42(55)46-28-19-30(57-20-31(49)47(16-14-44)17-15-45)32-33(38(28)53)37(52)26(6)40-34(32)41(54)43(8,60-40)58-18-13-29(56-9)23(3)39(59-27(7)48)25(5)36(51)24(4)35(21)50/h10-13,18-19,21,23-25,29,35-36,39,50-53H,14-17,20H2,1-9H3,(H,46,55)/b11-10+,18-13+,22-12-/t21-,23+,24+,25+,29-,35-,36+,39+,43-/m0/s1. The van der Waals surface area contributed by atoms with E-state index in [0.29, 0.717) is 0 Å². The summed E-state index contributed by atoms with van der Waals surface area (Å²) in [5, 5.41) is 48.4. The number of carbonyl (C=O) groups excluding carboxylic acids is 4. The minimum atomic E-state index is -2.05. The van der Waals surface area contributed by atoms with Gasteiger partial charge in [-0.15, -0.1) is 23.2 Å². The molecular weight excluding hydrogens is 823 g/mol. The molecule has 0 fully saturated rings. The summed E-state index contributed by atoms with van der Waals surface area (Å²) in [5.74, 6) is -8.20. The van der Waals surface area contributed by atoms with Crippen LogP contribution in [-0.4, -0.2) is 118 Å². The van der Waals surface area contributed by atoms with Gasteiger partial charge in [0.05, 0.1) is 41.2 Å². The molecule has 9 atom stereocenters. The number of benzene rings is 2. The predicted octanol–water partition coefficient (Wildman–Crippen LogP) is 5.73. The van der Waals surface area contributed by atoms with Crippen molar-refractivity contribution < 1.29 is 63.3 Å². The third kappa shape index (κ3) is 10.1. The summed E-state index contributed by atoms with van der Waals surface area (Å²) in [7, 11) is 1.43. The highest BCUT2D eigenvalue weighted by molar-refractivity contribution is 6.21. The number of nitrogens with one attached hydrogen (secondary N) is 1. The normalized spacial score (nSPS) is 29.5. The molecule has 17 heteroatoms. The molecule has 3 aliphatic rings. The Morgan fingerprint density at radius 2 is 1.60 bits per heavy atom. The van der Waals surface area contributed by atoms with Crippen LogP contribution in [0.4, 0.5) is 5.69 Å². The number of carbonyl (C=O) groups is 4. The fourth-order valence-corrected chi connectivity index (χ4v) is 7.95. The first-order valence-electron chi connectivity index (χ1n) is 19.6. The highest BCUT2D eigenvalue weighted by atomic mass is 35.5. The third-order valence-corrected chi connectivity index (χ3v) is 11.6. The highest BCUT2D eigenvalue weighted by Gasteiger charge is 2.50. The molecule has 0 spiro atoms. The van der Waals surface area contributed by atoms with Crippen LogP contribution in [0.1, 0.15) is 64.4 Å². The predicted molar refractivity (Wildman–Crippen MR) is 226 cm³/mol. The Hall–Kier alpha value is -4.54. The van der Waals surface area contributed by atoms with Crippen molar-refractivity contribution in [1.29, 1.82) is 0 Å². The molecule has 0 saturated carbocycles. The summed E-state index contributed by atoms with van der Waals surface area (Å²) in [6.45, 7) is 12.2. The van der Waals surface area contributed by atoms with E-state index in [0.717, 1.165) is 0 Å². The number of hydrogen-bond donors (Lipinski definition) is 5. The molecule has 15 nitrogen and oxygen atoms in total. The van der Waals surface area contributed by atoms with Crippen LogP contribution >= 0.6 is 23.2 Å². The molecule has 0 aromatic heterocycles. The van der Waals surface area contributed by atoms with Gasteiger partial charge in [0.25, 0.3) is 17.6 Å². The Morgan fingerprint density at radius 1 is 0.950 bits per heavy atom. The maximum atomic E-state index is 14.5. The zero-order valence-corrected chi connectivity index (χ0v) is 36.8. The van der Waals surface area contributed by atoms with Crippen LogP contribution in [0, 0.1) is 30.6 Å². The quantitative estimate of drug-likeness (QED) is 0.116. The van der Waals surface area contributed by atoms with Crippen molar-refractivity contribution in [2.24, 2.45) is 23.7 Å². The van der Waals surface area contributed by atoms with Crippen molar-refractivity contribution in [1.82, 2.24) is 4.90 Å². The Morgan fingerprint density at radius 3 is 2.20 bits per heavy atom. The maximum Gasteiger partial charge on any atom is 0.312 e. The fraction of sp³-hybridized carbons (Fsp3) is 0.535. The Bertz CT molecular complexity index is 2030. The average molecular weight is 880 g/mol. The molecule has 2 aromatic carbocycles. The summed E-state index contributed by atoms with van der Waals surface area (Å²) in [5.41, 5.74) is -0.129. The minimum absolute atomic E-state index is 0.0517. The van der Waals surface area contributed by atoms with Gasteiger partial charge in [0.1, 0.15) is 23.4 Å². The number of rotatable bonds is 9. The van der Waals surface area contributed by atoms with Gasteiger partial charge in [0.2, 0.25) is 0 Å². The van der Waals surface area contributed by atoms with Crippen LogP contribution < -0.4 is 14.8 Å². The second-order valence-corrected chi connectivity index (χ2v) is 16.2. The number of phenols is 2. The van der Waals surface area contributed by atoms with Crippen LogP contribution in [-0.2, 0) is 28.6 Å². The van der Waals surface area contributed by atoms with Gasteiger partial charge in [-0.1, -0.05) is 45.9 Å². The van der Waals surface area contributed by atoms with E-state index in [1.807, 2.05) is 0 Å². The van der Waals surface area contributed by atoms with Crippen LogP contribution in [0.25, 0.3) is 10.8 Å². The van der Waals surface area contributed by atoms with E-state index in [9.17, 15) is 39.6 Å². The van der Waals surface area contributed by atoms with E-state index in [-0.39, 0.29) is 69.5 Å². The molecule has 330 valence electrons. The highest BCUT2D eigenvalue weighted by Crippen LogP contribution is 2.54. The van der Waals surface area contributed by atoms with Crippen molar-refractivity contribution in [3.05, 3.63) is 53.3 Å². The van der Waals surface area contributed by atoms with Crippen molar-refractivity contribution in [2.75, 3.05) is 43.9 Å². The van der Waals surface area contributed by atoms with Crippen LogP contribution in [0.5, 0.6) is 23.0 Å². The number of allylic oxidation sites excluding steroid dienone is 2. The Labute approximate surface area is 359 Å². The summed E-state index contributed by atoms with van der Waals surface area (Å²) < 4.78 is 29.7. The van der Waals surface area contributed by atoms with Crippen molar-refractivity contribution in [3.8, 4) is 23.0 Å². The minimum Gasteiger partial charge on any atom is -0.507 e. The SMILES string of the molecule is CO[C@H]1/C=C/O[C@@]2(C)Oc3c(C)c(O)c4c(O)c(cc(OCC(=O)N(CCCl)CCCl)c4c3C2=O)NC(=O)/C(C)=C\C=C\[C@H](C)[C@H](O)[C@@H](C)[C@@H](O)[C@@H](C)[C@H](OC(C)=O)[C@@H]1C. The number of aliphatic hydroxyl groups is 2. The molecule has 5 bridgehead atoms. The Balaban J connectivity index is 1.94. The molecule has 0 radical (unpaired) electrons. The smallest absolute Gasteiger partial charge is 0.312 e. The molecule has 2 aromatic rings. The van der Waals surface area contributed by atoms with Gasteiger partial charge in [-0.05, 0) is 19.9 Å². The molecule has 60 heavy (non-hydrogen) atoms. The number of amides is 2. The molecule has 2 amide bonds. The van der Waals surface area contributed by atoms with E-state index in [2.05, 4.69) is 5.32 Å². The summed E-state index contributed by atoms with van der Waals surface area (Å²) in [6.07, 6.45) is 3.47. The van der Waals surface area contributed by atoms with Gasteiger partial charge in [0, 0.05) is 92.1 Å². The van der Waals surface area contributed by atoms with Gasteiger partial charge >= 0.3 is 11.8 Å². The second kappa shape index (κ2) is 20.3. The number of phenolic OH excluding ortho intramolecular Hbond substituents is 2. The molecule has 5 N–H and O–H groups in total. The number of ketones is 1. The lowest BCUT2D eigenvalue weighted by Gasteiger charge is -2.38. The average Bonchev–Trinajstić information content (AvgIpc) is 3.47. The number of esters is 1. The largest absolute Gasteiger partial charge is 0.507 e. The molecule has 0 unspecified atom stereocenters. The number of alkyl halides is 2. The van der Waals surface area contributed by atoms with Crippen LogP contribution in [0.2, 0.25) is 0 Å². The van der Waals surface area contributed by atoms with E-state index in [1.165, 1.54) is 64.2 Å². The van der Waals surface area contributed by atoms with E-state index in [4.69, 9.17) is 46.9 Å². The van der Waals surface area contributed by atoms with E-state index < -0.39 is 95.5 Å². The second-order valence-electron chi connectivity index (χ2n) is 15.5. The number of halogens is 2. The van der Waals surface area contributed by atoms with Gasteiger partial charge in [-0.25, -0.2) is 0 Å². The zero-order chi connectivity index (χ0) is 44.8. The number of Topliss-reactive ketones (excluding diaryl/α,β-unsaturated/α-hetero) is 1. The monoisotopic (exact) mass is 878 g/mol. The van der Waals surface area contributed by atoms with Crippen molar-refractivity contribution in [2.45, 2.75) is 85.6 Å². The first-order valence-corrected chi connectivity index (χ1v) is 20.7. The van der Waals surface area contributed by atoms with Gasteiger partial charge < -0.3 is 54.3 Å². The number of anilines is 1. The lowest BCUT2D eigenvalue weighted by Crippen LogP contribution is -2.46. The number of ether oxygens (including phenoxy) is 5. The van der Waals surface area contributed by atoms with Crippen LogP contribution in [0.15, 0.2) is 42.2 Å². The molecule has 3 aliphatic heterocycles. The van der Waals surface area contributed by atoms with Crippen molar-refractivity contribution in [3.63, 3.8) is 0 Å². The van der Waals surface area contributed by atoms with E-state index >= 15 is 0 Å². The van der Waals surface area contributed by atoms with Gasteiger partial charge in [-0.3, -0.25) is 19.2 Å². The number of methoxy groups -OCH3 is 1. The summed E-state index contributed by atoms with van der Waals surface area (Å²) >= 11 is 11.8. The number of nitrogens with zero attached hydrogens (tertiary/aromatic N) is 1. The molecule has 3 heterocycles. The lowest BCUT2D eigenvalue weighted by atomic mass is 9.78. The number of aromatic hydroxyl groups is 2. The summed E-state index contributed by atoms with van der Waals surface area (Å²) in [4.78, 5) is 55.1. The first-order chi connectivity index (χ1) is 28.2. The summed E-state index contributed by atoms with van der Waals surface area (Å²) in [6, 6.07) is 1.23. The molecule has 5 rings (SSSR count). The molecule has 0 aliphatic carbocycles. The zero-order valence-electron chi connectivity index (χ0n) is 35.3. The lowest BCUT2D eigenvalue weighted by molar-refractivity contribution is -0.160. The van der Waals surface area contributed by atoms with E-state index in [1.54, 1.807) is 39.8 Å². The fourth-order valence-electron chi connectivity index (χ4n) is 7.54.